The third-order valence-electron chi connectivity index (χ3n) is 3.49. The smallest absolute Gasteiger partial charge is 0.239 e. The zero-order valence-electron chi connectivity index (χ0n) is 11.6. The van der Waals surface area contributed by atoms with Crippen LogP contribution in [-0.4, -0.2) is 24.1 Å². The fourth-order valence-electron chi connectivity index (χ4n) is 2.41. The zero-order chi connectivity index (χ0) is 13.9. The molecule has 0 saturated carbocycles. The molecule has 0 aliphatic carbocycles. The number of benzene rings is 1. The summed E-state index contributed by atoms with van der Waals surface area (Å²) in [7, 11) is 0. The average molecular weight is 262 g/mol. The topological polar surface area (TPSA) is 64.4 Å². The third kappa shape index (κ3) is 3.26. The van der Waals surface area contributed by atoms with E-state index in [2.05, 4.69) is 11.4 Å². The van der Waals surface area contributed by atoms with Gasteiger partial charge in [0.2, 0.25) is 5.91 Å². The van der Waals surface area contributed by atoms with Crippen molar-refractivity contribution >= 4 is 5.91 Å². The first-order valence-electron chi connectivity index (χ1n) is 6.84. The van der Waals surface area contributed by atoms with Crippen molar-refractivity contribution in [2.24, 2.45) is 5.73 Å². The molecule has 0 fully saturated rings. The molecule has 1 aliphatic heterocycles. The maximum Gasteiger partial charge on any atom is 0.239 e. The van der Waals surface area contributed by atoms with Gasteiger partial charge in [0.05, 0.1) is 12.1 Å². The molecule has 4 nitrogen and oxygen atoms in total. The highest BCUT2D eigenvalue weighted by molar-refractivity contribution is 5.85. The fraction of sp³-hybridized carbons (Fsp3) is 0.533. The average Bonchev–Trinajstić information content (AvgIpc) is 2.78. The fourth-order valence-corrected chi connectivity index (χ4v) is 2.41. The van der Waals surface area contributed by atoms with Gasteiger partial charge in [0.1, 0.15) is 11.9 Å². The highest BCUT2D eigenvalue weighted by Gasteiger charge is 2.29. The Morgan fingerprint density at radius 2 is 2.26 bits per heavy atom. The van der Waals surface area contributed by atoms with Crippen molar-refractivity contribution in [2.45, 2.75) is 44.8 Å². The lowest BCUT2D eigenvalue weighted by Crippen LogP contribution is -2.53. The van der Waals surface area contributed by atoms with Crippen molar-refractivity contribution in [1.29, 1.82) is 0 Å². The Labute approximate surface area is 114 Å². The van der Waals surface area contributed by atoms with Crippen molar-refractivity contribution in [3.05, 3.63) is 29.8 Å². The summed E-state index contributed by atoms with van der Waals surface area (Å²) >= 11 is 0. The van der Waals surface area contributed by atoms with Crippen molar-refractivity contribution in [2.75, 3.05) is 6.54 Å². The number of carbonyl (C=O) groups is 1. The molecule has 0 spiro atoms. The number of hydrogen-bond donors (Lipinski definition) is 2. The van der Waals surface area contributed by atoms with Crippen molar-refractivity contribution in [3.8, 4) is 5.75 Å². The van der Waals surface area contributed by atoms with Crippen LogP contribution in [0.2, 0.25) is 0 Å². The van der Waals surface area contributed by atoms with E-state index in [-0.39, 0.29) is 12.0 Å². The van der Waals surface area contributed by atoms with E-state index >= 15 is 0 Å². The van der Waals surface area contributed by atoms with E-state index in [1.807, 2.05) is 25.1 Å². The largest absolute Gasteiger partial charge is 0.488 e. The van der Waals surface area contributed by atoms with Crippen molar-refractivity contribution in [3.63, 3.8) is 0 Å². The Hall–Kier alpha value is -1.55. The summed E-state index contributed by atoms with van der Waals surface area (Å²) < 4.78 is 5.77. The SMILES string of the molecule is CCCC(C)(N)C(=O)NCC1Cc2ccccc2O1. The van der Waals surface area contributed by atoms with Gasteiger partial charge in [0, 0.05) is 6.42 Å². The number of nitrogens with one attached hydrogen (secondary N) is 1. The molecule has 0 bridgehead atoms. The van der Waals surface area contributed by atoms with Gasteiger partial charge < -0.3 is 15.8 Å². The van der Waals surface area contributed by atoms with Gasteiger partial charge in [-0.2, -0.15) is 0 Å². The third-order valence-corrected chi connectivity index (χ3v) is 3.49. The molecule has 2 unspecified atom stereocenters. The Morgan fingerprint density at radius 1 is 1.53 bits per heavy atom. The Bertz CT molecular complexity index is 432. The maximum absolute atomic E-state index is 12.0. The summed E-state index contributed by atoms with van der Waals surface area (Å²) in [5, 5.41) is 2.90. The predicted molar refractivity (Wildman–Crippen MR) is 75.1 cm³/mol. The van der Waals surface area contributed by atoms with E-state index in [9.17, 15) is 4.79 Å². The zero-order valence-corrected chi connectivity index (χ0v) is 11.6. The number of rotatable bonds is 5. The van der Waals surface area contributed by atoms with Crippen LogP contribution in [-0.2, 0) is 11.2 Å². The molecule has 1 aromatic carbocycles. The van der Waals surface area contributed by atoms with Crippen LogP contribution in [0.4, 0.5) is 0 Å². The van der Waals surface area contributed by atoms with E-state index in [1.54, 1.807) is 6.92 Å². The molecule has 0 aromatic heterocycles. The highest BCUT2D eigenvalue weighted by Crippen LogP contribution is 2.27. The minimum absolute atomic E-state index is 0.0128. The standard InChI is InChI=1S/C15H22N2O2/c1-3-8-15(2,16)14(18)17-10-12-9-11-6-4-5-7-13(11)19-12/h4-7,12H,3,8-10,16H2,1-2H3,(H,17,18). The van der Waals surface area contributed by atoms with Crippen LogP contribution < -0.4 is 15.8 Å². The van der Waals surface area contributed by atoms with E-state index in [0.717, 1.165) is 18.6 Å². The summed E-state index contributed by atoms with van der Waals surface area (Å²) in [5.41, 5.74) is 6.40. The number of nitrogens with two attached hydrogens (primary N) is 1. The lowest BCUT2D eigenvalue weighted by Gasteiger charge is -2.23. The van der Waals surface area contributed by atoms with Crippen LogP contribution in [0.3, 0.4) is 0 Å². The van der Waals surface area contributed by atoms with Gasteiger partial charge in [-0.3, -0.25) is 4.79 Å². The van der Waals surface area contributed by atoms with Gasteiger partial charge in [-0.15, -0.1) is 0 Å². The quantitative estimate of drug-likeness (QED) is 0.847. The molecule has 3 N–H and O–H groups in total. The van der Waals surface area contributed by atoms with Crippen molar-refractivity contribution < 1.29 is 9.53 Å². The molecule has 19 heavy (non-hydrogen) atoms. The molecule has 4 heteroatoms. The summed E-state index contributed by atoms with van der Waals surface area (Å²) in [6, 6.07) is 7.97. The first-order valence-corrected chi connectivity index (χ1v) is 6.84. The van der Waals surface area contributed by atoms with E-state index in [1.165, 1.54) is 5.56 Å². The Balaban J connectivity index is 1.84. The monoisotopic (exact) mass is 262 g/mol. The molecule has 2 rings (SSSR count). The Morgan fingerprint density at radius 3 is 2.95 bits per heavy atom. The minimum atomic E-state index is -0.791. The van der Waals surface area contributed by atoms with Crippen LogP contribution in [0.15, 0.2) is 24.3 Å². The first-order chi connectivity index (χ1) is 9.03. The second-order valence-corrected chi connectivity index (χ2v) is 5.43. The predicted octanol–water partition coefficient (Wildman–Crippen LogP) is 1.62. The van der Waals surface area contributed by atoms with Gasteiger partial charge in [0.25, 0.3) is 0 Å². The number of amides is 1. The van der Waals surface area contributed by atoms with Crippen LogP contribution in [0.25, 0.3) is 0 Å². The van der Waals surface area contributed by atoms with Crippen molar-refractivity contribution in [1.82, 2.24) is 5.32 Å². The molecule has 0 saturated heterocycles. The van der Waals surface area contributed by atoms with Crippen LogP contribution >= 0.6 is 0 Å². The van der Waals surface area contributed by atoms with Crippen LogP contribution in [0.1, 0.15) is 32.3 Å². The lowest BCUT2D eigenvalue weighted by atomic mass is 9.96. The second-order valence-electron chi connectivity index (χ2n) is 5.43. The molecule has 0 radical (unpaired) electrons. The summed E-state index contributed by atoms with van der Waals surface area (Å²) in [6.45, 7) is 4.30. The normalized spacial score (nSPS) is 20.3. The van der Waals surface area contributed by atoms with E-state index in [0.29, 0.717) is 13.0 Å². The number of ether oxygens (including phenoxy) is 1. The molecular formula is C15H22N2O2. The number of hydrogen-bond acceptors (Lipinski definition) is 3. The number of para-hydroxylation sites is 1. The maximum atomic E-state index is 12.0. The van der Waals surface area contributed by atoms with Gasteiger partial charge in [-0.1, -0.05) is 31.5 Å². The molecule has 104 valence electrons. The van der Waals surface area contributed by atoms with Gasteiger partial charge in [-0.05, 0) is 25.0 Å². The molecule has 1 amide bonds. The number of carbonyl (C=O) groups excluding carboxylic acids is 1. The van der Waals surface area contributed by atoms with Crippen LogP contribution in [0, 0.1) is 0 Å². The van der Waals surface area contributed by atoms with Gasteiger partial charge >= 0.3 is 0 Å². The Kier molecular flexibility index (Phi) is 4.10. The summed E-state index contributed by atoms with van der Waals surface area (Å²) in [4.78, 5) is 12.0. The minimum Gasteiger partial charge on any atom is -0.488 e. The van der Waals surface area contributed by atoms with E-state index < -0.39 is 5.54 Å². The van der Waals surface area contributed by atoms with Gasteiger partial charge in [-0.25, -0.2) is 0 Å². The molecule has 2 atom stereocenters. The molecule has 1 aliphatic rings. The second kappa shape index (κ2) is 5.61. The summed E-state index contributed by atoms with van der Waals surface area (Å²) in [5.74, 6) is 0.819. The summed E-state index contributed by atoms with van der Waals surface area (Å²) in [6.07, 6.45) is 2.43. The van der Waals surface area contributed by atoms with E-state index in [4.69, 9.17) is 10.5 Å². The number of fused-ring (bicyclic) bond motifs is 1. The van der Waals surface area contributed by atoms with Gasteiger partial charge in [0.15, 0.2) is 0 Å². The molecular weight excluding hydrogens is 240 g/mol. The van der Waals surface area contributed by atoms with Crippen LogP contribution in [0.5, 0.6) is 5.75 Å². The first kappa shape index (κ1) is 13.9. The lowest BCUT2D eigenvalue weighted by molar-refractivity contribution is -0.126. The molecule has 1 aromatic rings. The highest BCUT2D eigenvalue weighted by atomic mass is 16.5. The molecule has 1 heterocycles.